The second-order valence-electron chi connectivity index (χ2n) is 7.57. The molecule has 1 aromatic heterocycles. The standard InChI is InChI=1S/C23H21N3O6/c1-13(2)19(26-21(27)16-9-4-5-10-17(16)22(26)28)23(29)31-12-18-24-20(25-32-18)14-7-6-8-15(11-14)30-3/h4-11,13,19H,12H2,1-3H3. The molecule has 0 aliphatic carbocycles. The molecule has 0 saturated carbocycles. The molecule has 9 heteroatoms. The number of ether oxygens (including phenoxy) is 2. The van der Waals surface area contributed by atoms with E-state index in [0.717, 1.165) is 4.90 Å². The molecule has 9 nitrogen and oxygen atoms in total. The smallest absolute Gasteiger partial charge is 0.330 e. The fourth-order valence-corrected chi connectivity index (χ4v) is 3.55. The lowest BCUT2D eigenvalue weighted by atomic mass is 10.0. The molecule has 1 aliphatic heterocycles. The van der Waals surface area contributed by atoms with E-state index >= 15 is 0 Å². The van der Waals surface area contributed by atoms with Crippen LogP contribution in [0.1, 0.15) is 40.5 Å². The van der Waals surface area contributed by atoms with Crippen LogP contribution in [-0.4, -0.2) is 46.0 Å². The number of nitrogens with zero attached hydrogens (tertiary/aromatic N) is 3. The van der Waals surface area contributed by atoms with E-state index in [1.807, 2.05) is 0 Å². The van der Waals surface area contributed by atoms with E-state index in [0.29, 0.717) is 17.1 Å². The first-order chi connectivity index (χ1) is 15.4. The van der Waals surface area contributed by atoms with Gasteiger partial charge < -0.3 is 14.0 Å². The fourth-order valence-electron chi connectivity index (χ4n) is 3.55. The number of methoxy groups -OCH3 is 1. The lowest BCUT2D eigenvalue weighted by Crippen LogP contribution is -2.48. The van der Waals surface area contributed by atoms with E-state index in [9.17, 15) is 14.4 Å². The Morgan fingerprint density at radius 1 is 1.06 bits per heavy atom. The third-order valence-electron chi connectivity index (χ3n) is 5.11. The first-order valence-corrected chi connectivity index (χ1v) is 10.0. The highest BCUT2D eigenvalue weighted by Crippen LogP contribution is 2.28. The third-order valence-corrected chi connectivity index (χ3v) is 5.11. The van der Waals surface area contributed by atoms with Gasteiger partial charge in [-0.2, -0.15) is 4.98 Å². The molecule has 0 N–H and O–H groups in total. The number of fused-ring (bicyclic) bond motifs is 1. The summed E-state index contributed by atoms with van der Waals surface area (Å²) in [4.78, 5) is 43.7. The number of esters is 1. The van der Waals surface area contributed by atoms with Gasteiger partial charge in [0.1, 0.15) is 11.8 Å². The van der Waals surface area contributed by atoms with Crippen LogP contribution in [-0.2, 0) is 16.1 Å². The monoisotopic (exact) mass is 435 g/mol. The molecule has 0 fully saturated rings. The van der Waals surface area contributed by atoms with Crippen LogP contribution in [0.25, 0.3) is 11.4 Å². The molecular weight excluding hydrogens is 414 g/mol. The van der Waals surface area contributed by atoms with Crippen LogP contribution in [0.4, 0.5) is 0 Å². The normalized spacial score (nSPS) is 13.9. The zero-order chi connectivity index (χ0) is 22.8. The highest BCUT2D eigenvalue weighted by atomic mass is 16.6. The summed E-state index contributed by atoms with van der Waals surface area (Å²) in [6.07, 6.45) is 0. The molecule has 4 rings (SSSR count). The van der Waals surface area contributed by atoms with Gasteiger partial charge in [0.25, 0.3) is 17.7 Å². The Hall–Kier alpha value is -4.01. The van der Waals surface area contributed by atoms with Gasteiger partial charge in [-0.25, -0.2) is 4.79 Å². The van der Waals surface area contributed by atoms with E-state index < -0.39 is 23.8 Å². The number of benzene rings is 2. The Bertz CT molecular complexity index is 1150. The molecule has 1 atom stereocenters. The summed E-state index contributed by atoms with van der Waals surface area (Å²) in [5.74, 6) is -1.08. The number of carbonyl (C=O) groups excluding carboxylic acids is 3. The highest BCUT2D eigenvalue weighted by Gasteiger charge is 2.44. The molecule has 0 bridgehead atoms. The largest absolute Gasteiger partial charge is 0.497 e. The Morgan fingerprint density at radius 2 is 1.75 bits per heavy atom. The van der Waals surface area contributed by atoms with E-state index in [-0.39, 0.29) is 29.5 Å². The van der Waals surface area contributed by atoms with Crippen LogP contribution in [0.5, 0.6) is 5.75 Å². The van der Waals surface area contributed by atoms with Gasteiger partial charge in [0.05, 0.1) is 18.2 Å². The Morgan fingerprint density at radius 3 is 2.38 bits per heavy atom. The van der Waals surface area contributed by atoms with Crippen molar-refractivity contribution in [3.63, 3.8) is 0 Å². The fraction of sp³-hybridized carbons (Fsp3) is 0.261. The van der Waals surface area contributed by atoms with Gasteiger partial charge in [-0.05, 0) is 30.2 Å². The summed E-state index contributed by atoms with van der Waals surface area (Å²) in [6, 6.07) is 12.5. The summed E-state index contributed by atoms with van der Waals surface area (Å²) in [7, 11) is 1.56. The van der Waals surface area contributed by atoms with Crippen molar-refractivity contribution in [2.45, 2.75) is 26.5 Å². The lowest BCUT2D eigenvalue weighted by Gasteiger charge is -2.27. The van der Waals surface area contributed by atoms with Gasteiger partial charge >= 0.3 is 5.97 Å². The minimum absolute atomic E-state index is 0.0843. The summed E-state index contributed by atoms with van der Waals surface area (Å²) in [5.41, 5.74) is 1.23. The average molecular weight is 435 g/mol. The van der Waals surface area contributed by atoms with Gasteiger partial charge in [0.15, 0.2) is 6.61 Å². The maximum Gasteiger partial charge on any atom is 0.330 e. The van der Waals surface area contributed by atoms with Gasteiger partial charge in [0.2, 0.25) is 5.82 Å². The first-order valence-electron chi connectivity index (χ1n) is 10.0. The molecule has 1 unspecified atom stereocenters. The molecule has 2 heterocycles. The number of hydrogen-bond acceptors (Lipinski definition) is 8. The van der Waals surface area contributed by atoms with E-state index in [2.05, 4.69) is 10.1 Å². The van der Waals surface area contributed by atoms with Gasteiger partial charge in [0, 0.05) is 5.56 Å². The van der Waals surface area contributed by atoms with Crippen molar-refractivity contribution in [1.82, 2.24) is 15.0 Å². The molecule has 164 valence electrons. The topological polar surface area (TPSA) is 112 Å². The van der Waals surface area contributed by atoms with Crippen LogP contribution in [0, 0.1) is 5.92 Å². The minimum atomic E-state index is -1.08. The first kappa shape index (κ1) is 21.2. The highest BCUT2D eigenvalue weighted by molar-refractivity contribution is 6.22. The molecule has 0 saturated heterocycles. The molecule has 32 heavy (non-hydrogen) atoms. The third kappa shape index (κ3) is 3.84. The molecule has 2 amide bonds. The number of hydrogen-bond donors (Lipinski definition) is 0. The van der Waals surface area contributed by atoms with Crippen molar-refractivity contribution in [2.24, 2.45) is 5.92 Å². The molecule has 0 radical (unpaired) electrons. The Balaban J connectivity index is 1.48. The van der Waals surface area contributed by atoms with Gasteiger partial charge in [-0.3, -0.25) is 14.5 Å². The van der Waals surface area contributed by atoms with Crippen LogP contribution in [0.3, 0.4) is 0 Å². The number of amides is 2. The minimum Gasteiger partial charge on any atom is -0.497 e. The average Bonchev–Trinajstić information content (AvgIpc) is 3.37. The van der Waals surface area contributed by atoms with Gasteiger partial charge in [-0.15, -0.1) is 0 Å². The van der Waals surface area contributed by atoms with Crippen molar-refractivity contribution >= 4 is 17.8 Å². The molecule has 0 spiro atoms. The predicted molar refractivity (Wildman–Crippen MR) is 112 cm³/mol. The quantitative estimate of drug-likeness (QED) is 0.411. The zero-order valence-electron chi connectivity index (χ0n) is 17.8. The maximum atomic E-state index is 12.9. The maximum absolute atomic E-state index is 12.9. The second-order valence-corrected chi connectivity index (χ2v) is 7.57. The number of carbonyl (C=O) groups is 3. The molecule has 1 aliphatic rings. The van der Waals surface area contributed by atoms with Crippen LogP contribution in [0.2, 0.25) is 0 Å². The van der Waals surface area contributed by atoms with E-state index in [1.54, 1.807) is 69.5 Å². The van der Waals surface area contributed by atoms with Crippen molar-refractivity contribution in [1.29, 1.82) is 0 Å². The summed E-state index contributed by atoms with van der Waals surface area (Å²) < 4.78 is 15.7. The van der Waals surface area contributed by atoms with Crippen molar-refractivity contribution in [2.75, 3.05) is 7.11 Å². The number of imide groups is 1. The van der Waals surface area contributed by atoms with Crippen molar-refractivity contribution in [3.8, 4) is 17.1 Å². The lowest BCUT2D eigenvalue weighted by molar-refractivity contribution is -0.152. The van der Waals surface area contributed by atoms with E-state index in [4.69, 9.17) is 14.0 Å². The molecular formula is C23H21N3O6. The van der Waals surface area contributed by atoms with Crippen LogP contribution in [0.15, 0.2) is 53.1 Å². The summed E-state index contributed by atoms with van der Waals surface area (Å²) in [5, 5.41) is 3.90. The SMILES string of the molecule is COc1cccc(-c2noc(COC(=O)C(C(C)C)N3C(=O)c4ccccc4C3=O)n2)c1. The zero-order valence-corrected chi connectivity index (χ0v) is 17.8. The molecule has 3 aromatic rings. The summed E-state index contributed by atoms with van der Waals surface area (Å²) >= 11 is 0. The van der Waals surface area contributed by atoms with E-state index in [1.165, 1.54) is 0 Å². The number of aromatic nitrogens is 2. The summed E-state index contributed by atoms with van der Waals surface area (Å²) in [6.45, 7) is 3.19. The van der Waals surface area contributed by atoms with Crippen molar-refractivity contribution < 1.29 is 28.4 Å². The van der Waals surface area contributed by atoms with Gasteiger partial charge in [-0.1, -0.05) is 43.3 Å². The Kier molecular flexibility index (Phi) is 5.72. The Labute approximate surface area is 183 Å². The van der Waals surface area contributed by atoms with Crippen molar-refractivity contribution in [3.05, 3.63) is 65.5 Å². The van der Waals surface area contributed by atoms with Crippen LogP contribution < -0.4 is 4.74 Å². The predicted octanol–water partition coefficient (Wildman–Crippen LogP) is 3.11. The number of rotatable bonds is 7. The van der Waals surface area contributed by atoms with Crippen LogP contribution >= 0.6 is 0 Å². The molecule has 2 aromatic carbocycles. The second kappa shape index (κ2) is 8.62.